The molecule has 1 heterocycles. The molecule has 0 bridgehead atoms. The molecule has 1 aliphatic heterocycles. The van der Waals surface area contributed by atoms with Crippen LogP contribution in [0.15, 0.2) is 58.3 Å². The van der Waals surface area contributed by atoms with E-state index >= 15 is 0 Å². The highest BCUT2D eigenvalue weighted by Gasteiger charge is 2.21. The SMILES string of the molecule is CC(C)c1ccccc1Sc1ccc(/C=C/C(=O)N2CCCC(O)C2)cc1[N+](=O)[O-]. The molecule has 158 valence electrons. The molecule has 6 nitrogen and oxygen atoms in total. The minimum absolute atomic E-state index is 0.0153. The first-order valence-corrected chi connectivity index (χ1v) is 10.9. The van der Waals surface area contributed by atoms with Crippen LogP contribution in [0.25, 0.3) is 6.08 Å². The summed E-state index contributed by atoms with van der Waals surface area (Å²) in [7, 11) is 0. The molecule has 0 aromatic heterocycles. The quantitative estimate of drug-likeness (QED) is 0.405. The van der Waals surface area contributed by atoms with Crippen LogP contribution in [0.1, 0.15) is 43.7 Å². The molecule has 1 N–H and O–H groups in total. The zero-order valence-corrected chi connectivity index (χ0v) is 18.0. The van der Waals surface area contributed by atoms with Crippen molar-refractivity contribution in [3.8, 4) is 0 Å². The topological polar surface area (TPSA) is 83.7 Å². The van der Waals surface area contributed by atoms with E-state index in [9.17, 15) is 20.0 Å². The first kappa shape index (κ1) is 22.1. The minimum atomic E-state index is -0.484. The molecule has 2 aromatic rings. The normalized spacial score (nSPS) is 16.9. The van der Waals surface area contributed by atoms with Crippen molar-refractivity contribution < 1.29 is 14.8 Å². The largest absolute Gasteiger partial charge is 0.391 e. The Morgan fingerprint density at radius 2 is 2.03 bits per heavy atom. The molecule has 1 fully saturated rings. The number of nitro benzene ring substituents is 1. The Hall–Kier alpha value is -2.64. The fourth-order valence-corrected chi connectivity index (χ4v) is 4.64. The number of rotatable bonds is 6. The smallest absolute Gasteiger partial charge is 0.283 e. The molecular formula is C23H26N2O4S. The van der Waals surface area contributed by atoms with Gasteiger partial charge in [0, 0.05) is 30.1 Å². The number of nitrogens with zero attached hydrogens (tertiary/aromatic N) is 2. The third-order valence-electron chi connectivity index (χ3n) is 5.07. The minimum Gasteiger partial charge on any atom is -0.391 e. The van der Waals surface area contributed by atoms with Crippen LogP contribution in [0.3, 0.4) is 0 Å². The van der Waals surface area contributed by atoms with Crippen molar-refractivity contribution in [1.29, 1.82) is 0 Å². The Balaban J connectivity index is 1.80. The molecule has 1 atom stereocenters. The summed E-state index contributed by atoms with van der Waals surface area (Å²) >= 11 is 1.38. The summed E-state index contributed by atoms with van der Waals surface area (Å²) in [6.45, 7) is 5.14. The van der Waals surface area contributed by atoms with Gasteiger partial charge in [-0.2, -0.15) is 0 Å². The molecule has 0 aliphatic carbocycles. The highest BCUT2D eigenvalue weighted by atomic mass is 32.2. The van der Waals surface area contributed by atoms with Crippen LogP contribution in [0.2, 0.25) is 0 Å². The monoisotopic (exact) mass is 426 g/mol. The molecule has 3 rings (SSSR count). The Labute approximate surface area is 180 Å². The summed E-state index contributed by atoms with van der Waals surface area (Å²) in [6.07, 6.45) is 4.00. The number of carbonyl (C=O) groups is 1. The fraction of sp³-hybridized carbons (Fsp3) is 0.348. The first-order chi connectivity index (χ1) is 14.3. The van der Waals surface area contributed by atoms with Crippen molar-refractivity contribution in [3.05, 3.63) is 69.8 Å². The van der Waals surface area contributed by atoms with Crippen molar-refractivity contribution in [1.82, 2.24) is 4.90 Å². The number of hydrogen-bond donors (Lipinski definition) is 1. The Morgan fingerprint density at radius 1 is 1.27 bits per heavy atom. The molecular weight excluding hydrogens is 400 g/mol. The zero-order valence-electron chi connectivity index (χ0n) is 17.2. The lowest BCUT2D eigenvalue weighted by Gasteiger charge is -2.29. The van der Waals surface area contributed by atoms with Crippen molar-refractivity contribution in [2.75, 3.05) is 13.1 Å². The summed E-state index contributed by atoms with van der Waals surface area (Å²) < 4.78 is 0. The van der Waals surface area contributed by atoms with Gasteiger partial charge in [-0.05, 0) is 48.1 Å². The van der Waals surface area contributed by atoms with Crippen LogP contribution in [0, 0.1) is 10.1 Å². The van der Waals surface area contributed by atoms with Gasteiger partial charge < -0.3 is 10.0 Å². The van der Waals surface area contributed by atoms with Gasteiger partial charge in [-0.15, -0.1) is 0 Å². The predicted molar refractivity (Wildman–Crippen MR) is 119 cm³/mol. The second-order valence-electron chi connectivity index (χ2n) is 7.69. The number of aliphatic hydroxyl groups is 1. The van der Waals surface area contributed by atoms with E-state index in [2.05, 4.69) is 13.8 Å². The number of hydrogen-bond acceptors (Lipinski definition) is 5. The van der Waals surface area contributed by atoms with Gasteiger partial charge in [-0.25, -0.2) is 0 Å². The molecule has 1 unspecified atom stereocenters. The maximum absolute atomic E-state index is 12.3. The average Bonchev–Trinajstić information content (AvgIpc) is 2.72. The molecule has 7 heteroatoms. The standard InChI is InChI=1S/C23H26N2O4S/c1-16(2)19-7-3-4-8-21(19)30-22-11-9-17(14-20(22)25(28)29)10-12-23(27)24-13-5-6-18(26)15-24/h3-4,7-12,14,16,18,26H,5-6,13,15H2,1-2H3/b12-10+. The van der Waals surface area contributed by atoms with Crippen LogP contribution in [0.4, 0.5) is 5.69 Å². The number of carbonyl (C=O) groups excluding carboxylic acids is 1. The van der Waals surface area contributed by atoms with Gasteiger partial charge in [-0.3, -0.25) is 14.9 Å². The second-order valence-corrected chi connectivity index (χ2v) is 8.78. The van der Waals surface area contributed by atoms with E-state index < -0.39 is 6.10 Å². The number of piperidine rings is 1. The number of nitro groups is 1. The Kier molecular flexibility index (Phi) is 7.29. The van der Waals surface area contributed by atoms with Crippen LogP contribution in [-0.4, -0.2) is 40.0 Å². The van der Waals surface area contributed by atoms with Gasteiger partial charge in [0.25, 0.3) is 5.69 Å². The van der Waals surface area contributed by atoms with E-state index in [1.54, 1.807) is 23.1 Å². The van der Waals surface area contributed by atoms with Crippen molar-refractivity contribution in [2.24, 2.45) is 0 Å². The summed E-state index contributed by atoms with van der Waals surface area (Å²) in [4.78, 5) is 26.8. The van der Waals surface area contributed by atoms with Gasteiger partial charge in [0.1, 0.15) is 0 Å². The lowest BCUT2D eigenvalue weighted by molar-refractivity contribution is -0.387. The van der Waals surface area contributed by atoms with E-state index in [4.69, 9.17) is 0 Å². The molecule has 2 aromatic carbocycles. The molecule has 30 heavy (non-hydrogen) atoms. The maximum atomic E-state index is 12.3. The highest BCUT2D eigenvalue weighted by molar-refractivity contribution is 7.99. The Bertz CT molecular complexity index is 958. The summed E-state index contributed by atoms with van der Waals surface area (Å²) in [6, 6.07) is 12.9. The van der Waals surface area contributed by atoms with E-state index in [-0.39, 0.29) is 16.5 Å². The van der Waals surface area contributed by atoms with Gasteiger partial charge in [0.15, 0.2) is 0 Å². The number of aliphatic hydroxyl groups excluding tert-OH is 1. The first-order valence-electron chi connectivity index (χ1n) is 10.1. The fourth-order valence-electron chi connectivity index (χ4n) is 3.46. The lowest BCUT2D eigenvalue weighted by atomic mass is 10.0. The van der Waals surface area contributed by atoms with Gasteiger partial charge in [0.05, 0.1) is 15.9 Å². The number of likely N-dealkylation sites (tertiary alicyclic amines) is 1. The third kappa shape index (κ3) is 5.49. The Morgan fingerprint density at radius 3 is 2.73 bits per heavy atom. The van der Waals surface area contributed by atoms with Crippen molar-refractivity contribution in [2.45, 2.75) is 48.5 Å². The van der Waals surface area contributed by atoms with Gasteiger partial charge in [0.2, 0.25) is 5.91 Å². The van der Waals surface area contributed by atoms with Gasteiger partial charge >= 0.3 is 0 Å². The molecule has 1 saturated heterocycles. The van der Waals surface area contributed by atoms with E-state index in [0.29, 0.717) is 35.9 Å². The third-order valence-corrected chi connectivity index (χ3v) is 6.22. The van der Waals surface area contributed by atoms with Crippen molar-refractivity contribution in [3.63, 3.8) is 0 Å². The summed E-state index contributed by atoms with van der Waals surface area (Å²) in [5.74, 6) is 0.120. The van der Waals surface area contributed by atoms with Crippen LogP contribution in [-0.2, 0) is 4.79 Å². The summed E-state index contributed by atoms with van der Waals surface area (Å²) in [5, 5.41) is 21.4. The molecule has 0 saturated carbocycles. The van der Waals surface area contributed by atoms with Crippen molar-refractivity contribution >= 4 is 29.4 Å². The average molecular weight is 427 g/mol. The van der Waals surface area contributed by atoms with E-state index in [1.165, 1.54) is 23.9 Å². The predicted octanol–water partition coefficient (Wildman–Crippen LogP) is 4.87. The lowest BCUT2D eigenvalue weighted by Crippen LogP contribution is -2.41. The van der Waals surface area contributed by atoms with Crippen LogP contribution < -0.4 is 0 Å². The molecule has 1 aliphatic rings. The highest BCUT2D eigenvalue weighted by Crippen LogP contribution is 2.39. The maximum Gasteiger partial charge on any atom is 0.283 e. The second kappa shape index (κ2) is 9.91. The molecule has 0 spiro atoms. The number of β-amino-alcohol motifs (C(OH)–C–C–N with tert-alkyl or cyclic N) is 1. The molecule has 1 amide bonds. The van der Waals surface area contributed by atoms with Crippen LogP contribution in [0.5, 0.6) is 0 Å². The summed E-state index contributed by atoms with van der Waals surface area (Å²) in [5.41, 5.74) is 1.76. The number of amides is 1. The van der Waals surface area contributed by atoms with Gasteiger partial charge in [-0.1, -0.05) is 49.9 Å². The molecule has 0 radical (unpaired) electrons. The van der Waals surface area contributed by atoms with Crippen LogP contribution >= 0.6 is 11.8 Å². The zero-order chi connectivity index (χ0) is 21.7. The van der Waals surface area contributed by atoms with E-state index in [1.807, 2.05) is 24.3 Å². The van der Waals surface area contributed by atoms with E-state index in [0.717, 1.165) is 16.9 Å². The number of benzene rings is 2.